The van der Waals surface area contributed by atoms with Gasteiger partial charge in [0.15, 0.2) is 0 Å². The minimum atomic E-state index is 0.952. The summed E-state index contributed by atoms with van der Waals surface area (Å²) in [4.78, 5) is 0. The monoisotopic (exact) mass is 589 g/mol. The van der Waals surface area contributed by atoms with Crippen LogP contribution in [0.1, 0.15) is 128 Å². The van der Waals surface area contributed by atoms with Crippen LogP contribution in [-0.2, 0) is 13.1 Å². The summed E-state index contributed by atoms with van der Waals surface area (Å²) in [6, 6.07) is 9.00. The van der Waals surface area contributed by atoms with Gasteiger partial charge in [-0.1, -0.05) is 102 Å². The average Bonchev–Trinajstić information content (AvgIpc) is 3.01. The van der Waals surface area contributed by atoms with Crippen molar-refractivity contribution in [3.8, 4) is 0 Å². The second-order valence-electron chi connectivity index (χ2n) is 12.1. The Morgan fingerprint density at radius 3 is 1.05 bits per heavy atom. The first-order valence-corrected chi connectivity index (χ1v) is 18.2. The normalized spacial score (nSPS) is 11.5. The van der Waals surface area contributed by atoms with Crippen molar-refractivity contribution in [1.29, 1.82) is 0 Å². The van der Waals surface area contributed by atoms with Gasteiger partial charge in [0.05, 0.1) is 0 Å². The van der Waals surface area contributed by atoms with Gasteiger partial charge in [-0.25, -0.2) is 0 Å². The fraction of sp³-hybridized carbons (Fsp3) is 0.833. The first-order chi connectivity index (χ1) is 20.9. The van der Waals surface area contributed by atoms with E-state index in [1.54, 1.807) is 0 Å². The van der Waals surface area contributed by atoms with Gasteiger partial charge in [0.25, 0.3) is 0 Å². The van der Waals surface area contributed by atoms with Crippen LogP contribution in [0, 0.1) is 0 Å². The van der Waals surface area contributed by atoms with Crippen molar-refractivity contribution in [1.82, 2.24) is 31.9 Å². The molecule has 0 saturated heterocycles. The third-order valence-corrected chi connectivity index (χ3v) is 7.89. The summed E-state index contributed by atoms with van der Waals surface area (Å²) in [5, 5.41) is 21.6. The number of hydrogen-bond donors (Lipinski definition) is 6. The molecule has 6 nitrogen and oxygen atoms in total. The van der Waals surface area contributed by atoms with E-state index in [1.807, 2.05) is 0 Å². The molecular formula is C36H72N6. The van der Waals surface area contributed by atoms with Crippen molar-refractivity contribution in [2.45, 2.75) is 130 Å². The van der Waals surface area contributed by atoms with E-state index in [0.29, 0.717) is 0 Å². The molecular weight excluding hydrogens is 516 g/mol. The summed E-state index contributed by atoms with van der Waals surface area (Å²) in [7, 11) is 0. The van der Waals surface area contributed by atoms with Gasteiger partial charge in [0, 0.05) is 13.1 Å². The standard InChI is InChI=1S/C36H72N6/c1-3-5-7-9-11-13-22-37-24-16-26-39-28-18-30-41-33-35-20-15-21-36(32-35)34-42-31-19-29-40-27-17-25-38-23-14-12-10-8-6-4-2/h15,20-21,32,37-42H,3-14,16-19,22-31,33-34H2,1-2H3. The Labute approximate surface area is 262 Å². The lowest BCUT2D eigenvalue weighted by Gasteiger charge is -2.10. The number of rotatable bonds is 34. The molecule has 6 heteroatoms. The van der Waals surface area contributed by atoms with Crippen LogP contribution >= 0.6 is 0 Å². The molecule has 1 aromatic carbocycles. The molecule has 0 amide bonds. The maximum Gasteiger partial charge on any atom is 0.0205 e. The smallest absolute Gasteiger partial charge is 0.0205 e. The number of benzene rings is 1. The summed E-state index contributed by atoms with van der Waals surface area (Å²) < 4.78 is 0. The molecule has 1 rings (SSSR count). The highest BCUT2D eigenvalue weighted by atomic mass is 14.9. The van der Waals surface area contributed by atoms with Gasteiger partial charge >= 0.3 is 0 Å². The van der Waals surface area contributed by atoms with E-state index in [2.05, 4.69) is 70.0 Å². The van der Waals surface area contributed by atoms with E-state index >= 15 is 0 Å². The Balaban J connectivity index is 1.84. The van der Waals surface area contributed by atoms with Crippen molar-refractivity contribution >= 4 is 0 Å². The summed E-state index contributed by atoms with van der Waals surface area (Å²) >= 11 is 0. The fourth-order valence-corrected chi connectivity index (χ4v) is 5.23. The molecule has 0 unspecified atom stereocenters. The largest absolute Gasteiger partial charge is 0.317 e. The molecule has 0 atom stereocenters. The number of unbranched alkanes of at least 4 members (excludes halogenated alkanes) is 10. The van der Waals surface area contributed by atoms with E-state index in [-0.39, 0.29) is 0 Å². The van der Waals surface area contributed by atoms with Gasteiger partial charge in [-0.05, 0) is 115 Å². The molecule has 0 heterocycles. The molecule has 0 fully saturated rings. The zero-order valence-electron chi connectivity index (χ0n) is 28.1. The predicted molar refractivity (Wildman–Crippen MR) is 187 cm³/mol. The van der Waals surface area contributed by atoms with E-state index in [4.69, 9.17) is 0 Å². The lowest BCUT2D eigenvalue weighted by atomic mass is 10.1. The second kappa shape index (κ2) is 32.9. The molecule has 0 aliphatic heterocycles. The topological polar surface area (TPSA) is 72.2 Å². The van der Waals surface area contributed by atoms with E-state index in [0.717, 1.165) is 65.4 Å². The molecule has 42 heavy (non-hydrogen) atoms. The van der Waals surface area contributed by atoms with Gasteiger partial charge in [0.1, 0.15) is 0 Å². The molecule has 1 aromatic rings. The zero-order chi connectivity index (χ0) is 30.0. The predicted octanol–water partition coefficient (Wildman–Crippen LogP) is 6.51. The van der Waals surface area contributed by atoms with Gasteiger partial charge in [-0.3, -0.25) is 0 Å². The SMILES string of the molecule is CCCCCCCCNCCCNCCCNCc1cccc(CNCCCNCCCNCCCCCCCC)c1. The highest BCUT2D eigenvalue weighted by Gasteiger charge is 1.98. The molecule has 6 N–H and O–H groups in total. The zero-order valence-corrected chi connectivity index (χ0v) is 28.1. The van der Waals surface area contributed by atoms with Gasteiger partial charge in [0.2, 0.25) is 0 Å². The Kier molecular flexibility index (Phi) is 30.5. The van der Waals surface area contributed by atoms with E-state index in [9.17, 15) is 0 Å². The summed E-state index contributed by atoms with van der Waals surface area (Å²) in [5.74, 6) is 0. The van der Waals surface area contributed by atoms with Crippen molar-refractivity contribution in [3.05, 3.63) is 35.4 Å². The quantitative estimate of drug-likeness (QED) is 0.0516. The van der Waals surface area contributed by atoms with Gasteiger partial charge < -0.3 is 31.9 Å². The Morgan fingerprint density at radius 1 is 0.357 bits per heavy atom. The third-order valence-electron chi connectivity index (χ3n) is 7.89. The third kappa shape index (κ3) is 27.8. The van der Waals surface area contributed by atoms with E-state index in [1.165, 1.54) is 127 Å². The van der Waals surface area contributed by atoms with Crippen LogP contribution < -0.4 is 31.9 Å². The average molecular weight is 589 g/mol. The van der Waals surface area contributed by atoms with Crippen LogP contribution in [0.2, 0.25) is 0 Å². The van der Waals surface area contributed by atoms with Crippen molar-refractivity contribution in [2.75, 3.05) is 65.4 Å². The van der Waals surface area contributed by atoms with Crippen molar-refractivity contribution < 1.29 is 0 Å². The molecule has 0 radical (unpaired) electrons. The van der Waals surface area contributed by atoms with Crippen LogP contribution in [0.3, 0.4) is 0 Å². The highest BCUT2D eigenvalue weighted by Crippen LogP contribution is 2.06. The summed E-state index contributed by atoms with van der Waals surface area (Å²) in [6.45, 7) is 17.7. The Hall–Kier alpha value is -1.02. The lowest BCUT2D eigenvalue weighted by Crippen LogP contribution is -2.25. The minimum Gasteiger partial charge on any atom is -0.317 e. The Morgan fingerprint density at radius 2 is 0.667 bits per heavy atom. The van der Waals surface area contributed by atoms with Crippen molar-refractivity contribution in [2.24, 2.45) is 0 Å². The maximum absolute atomic E-state index is 3.61. The van der Waals surface area contributed by atoms with Crippen LogP contribution in [0.25, 0.3) is 0 Å². The van der Waals surface area contributed by atoms with Crippen LogP contribution in [0.15, 0.2) is 24.3 Å². The number of hydrogen-bond acceptors (Lipinski definition) is 6. The highest BCUT2D eigenvalue weighted by molar-refractivity contribution is 5.23. The van der Waals surface area contributed by atoms with Crippen LogP contribution in [-0.4, -0.2) is 65.4 Å². The van der Waals surface area contributed by atoms with Gasteiger partial charge in [-0.2, -0.15) is 0 Å². The molecule has 246 valence electrons. The fourth-order valence-electron chi connectivity index (χ4n) is 5.23. The molecule has 0 saturated carbocycles. The lowest BCUT2D eigenvalue weighted by molar-refractivity contribution is 0.543. The van der Waals surface area contributed by atoms with Crippen LogP contribution in [0.4, 0.5) is 0 Å². The minimum absolute atomic E-state index is 0.952. The Bertz CT molecular complexity index is 604. The van der Waals surface area contributed by atoms with Gasteiger partial charge in [-0.15, -0.1) is 0 Å². The molecule has 0 aromatic heterocycles. The van der Waals surface area contributed by atoms with E-state index < -0.39 is 0 Å². The number of nitrogens with one attached hydrogen (secondary N) is 6. The van der Waals surface area contributed by atoms with Crippen molar-refractivity contribution in [3.63, 3.8) is 0 Å². The summed E-state index contributed by atoms with van der Waals surface area (Å²) in [6.07, 6.45) is 21.3. The molecule has 0 aliphatic rings. The maximum atomic E-state index is 3.61. The van der Waals surface area contributed by atoms with Crippen LogP contribution in [0.5, 0.6) is 0 Å². The first-order valence-electron chi connectivity index (χ1n) is 18.2. The molecule has 0 bridgehead atoms. The summed E-state index contributed by atoms with van der Waals surface area (Å²) in [5.41, 5.74) is 2.76. The molecule has 0 aliphatic carbocycles. The molecule has 0 spiro atoms. The first kappa shape index (κ1) is 39.0. The second-order valence-corrected chi connectivity index (χ2v) is 12.1.